The number of oxazole rings is 1. The fraction of sp³-hybridized carbons (Fsp3) is 0.118. The molecule has 0 saturated heterocycles. The maximum absolute atomic E-state index is 9.00. The van der Waals surface area contributed by atoms with Gasteiger partial charge in [-0.2, -0.15) is 10.4 Å². The number of hydrogen-bond acceptors (Lipinski definition) is 6. The van der Waals surface area contributed by atoms with Crippen LogP contribution >= 0.6 is 22.9 Å². The molecule has 0 bridgehead atoms. The van der Waals surface area contributed by atoms with E-state index >= 15 is 0 Å². The molecule has 24 heavy (non-hydrogen) atoms. The second-order valence-electron chi connectivity index (χ2n) is 4.98. The lowest BCUT2D eigenvalue weighted by Crippen LogP contribution is -1.97. The Morgan fingerprint density at radius 2 is 2.12 bits per heavy atom. The van der Waals surface area contributed by atoms with Crippen LogP contribution < -0.4 is 5.43 Å². The number of hydrogen-bond donors (Lipinski definition) is 1. The molecule has 0 aliphatic carbocycles. The van der Waals surface area contributed by atoms with E-state index in [1.165, 1.54) is 0 Å². The molecule has 0 spiro atoms. The van der Waals surface area contributed by atoms with E-state index in [-0.39, 0.29) is 11.6 Å². The topological polar surface area (TPSA) is 74.2 Å². The predicted octanol–water partition coefficient (Wildman–Crippen LogP) is 5.07. The van der Waals surface area contributed by atoms with E-state index in [4.69, 9.17) is 21.3 Å². The smallest absolute Gasteiger partial charge is 0.252 e. The maximum Gasteiger partial charge on any atom is 0.252 e. The molecule has 3 aromatic rings. The zero-order valence-electron chi connectivity index (χ0n) is 13.0. The predicted molar refractivity (Wildman–Crippen MR) is 96.6 cm³/mol. The zero-order valence-corrected chi connectivity index (χ0v) is 14.6. The number of nitrogens with zero attached hydrogens (tertiary/aromatic N) is 3. The highest BCUT2D eigenvalue weighted by atomic mass is 35.5. The summed E-state index contributed by atoms with van der Waals surface area (Å²) in [5.41, 5.74) is 4.72. The van der Waals surface area contributed by atoms with Crippen LogP contribution in [0, 0.1) is 18.3 Å². The third-order valence-corrected chi connectivity index (χ3v) is 4.82. The summed E-state index contributed by atoms with van der Waals surface area (Å²) in [4.78, 5) is 6.02. The summed E-state index contributed by atoms with van der Waals surface area (Å²) in [6, 6.07) is 13.7. The zero-order chi connectivity index (χ0) is 17.1. The Hall–Kier alpha value is -2.62. The maximum atomic E-state index is 9.00. The van der Waals surface area contributed by atoms with Crippen LogP contribution in [0.1, 0.15) is 23.4 Å². The van der Waals surface area contributed by atoms with Crippen molar-refractivity contribution >= 4 is 34.5 Å². The van der Waals surface area contributed by atoms with Crippen molar-refractivity contribution in [1.29, 1.82) is 5.26 Å². The van der Waals surface area contributed by atoms with Crippen molar-refractivity contribution in [2.45, 2.75) is 13.8 Å². The molecule has 7 heteroatoms. The Bertz CT molecular complexity index is 952. The summed E-state index contributed by atoms with van der Waals surface area (Å²) in [6.07, 6.45) is 0. The van der Waals surface area contributed by atoms with E-state index in [9.17, 15) is 0 Å². The summed E-state index contributed by atoms with van der Waals surface area (Å²) in [6.45, 7) is 3.56. The average Bonchev–Trinajstić information content (AvgIpc) is 3.19. The van der Waals surface area contributed by atoms with Crippen molar-refractivity contribution in [3.05, 3.63) is 57.9 Å². The van der Waals surface area contributed by atoms with E-state index in [0.717, 1.165) is 26.1 Å². The third kappa shape index (κ3) is 3.32. The van der Waals surface area contributed by atoms with Gasteiger partial charge in [-0.1, -0.05) is 29.8 Å². The highest BCUT2D eigenvalue weighted by molar-refractivity contribution is 7.17. The molecule has 1 N–H and O–H groups in total. The van der Waals surface area contributed by atoms with E-state index < -0.39 is 0 Å². The van der Waals surface area contributed by atoms with E-state index in [2.05, 4.69) is 15.5 Å². The minimum Gasteiger partial charge on any atom is -0.422 e. The minimum absolute atomic E-state index is 0.187. The number of aryl methyl sites for hydroxylation is 1. The molecular formula is C17H13ClN4OS. The fourth-order valence-electron chi connectivity index (χ4n) is 2.11. The Balaban J connectivity index is 1.82. The molecule has 0 aliphatic heterocycles. The van der Waals surface area contributed by atoms with Crippen LogP contribution in [-0.2, 0) is 0 Å². The number of thiophene rings is 1. The number of aromatic nitrogens is 1. The normalized spacial score (nSPS) is 11.3. The van der Waals surface area contributed by atoms with E-state index in [1.807, 2.05) is 49.4 Å². The van der Waals surface area contributed by atoms with Gasteiger partial charge in [0.05, 0.1) is 10.6 Å². The number of hydrazone groups is 1. The largest absolute Gasteiger partial charge is 0.422 e. The molecule has 0 fully saturated rings. The van der Waals surface area contributed by atoms with Gasteiger partial charge in [-0.25, -0.2) is 10.4 Å². The van der Waals surface area contributed by atoms with E-state index in [0.29, 0.717) is 5.89 Å². The number of rotatable bonds is 4. The molecule has 1 aromatic carbocycles. The first-order valence-corrected chi connectivity index (χ1v) is 8.31. The van der Waals surface area contributed by atoms with Crippen LogP contribution in [-0.4, -0.2) is 10.7 Å². The molecule has 2 heterocycles. The summed E-state index contributed by atoms with van der Waals surface area (Å²) in [5, 5.41) is 14.0. The Kier molecular flexibility index (Phi) is 4.65. The molecule has 120 valence electrons. The Morgan fingerprint density at radius 1 is 1.33 bits per heavy atom. The lowest BCUT2D eigenvalue weighted by atomic mass is 10.2. The lowest BCUT2D eigenvalue weighted by Gasteiger charge is -2.00. The van der Waals surface area contributed by atoms with Gasteiger partial charge in [0.15, 0.2) is 5.89 Å². The summed E-state index contributed by atoms with van der Waals surface area (Å²) >= 11 is 7.83. The first kappa shape index (κ1) is 16.2. The summed E-state index contributed by atoms with van der Waals surface area (Å²) < 4.78 is 5.32. The van der Waals surface area contributed by atoms with Crippen molar-refractivity contribution in [2.24, 2.45) is 5.10 Å². The molecule has 0 unspecified atom stereocenters. The molecule has 0 atom stereocenters. The molecule has 3 rings (SSSR count). The Morgan fingerprint density at radius 3 is 2.88 bits per heavy atom. The first-order valence-electron chi connectivity index (χ1n) is 7.11. The van der Waals surface area contributed by atoms with Crippen LogP contribution in [0.2, 0.25) is 5.02 Å². The second kappa shape index (κ2) is 6.87. The lowest BCUT2D eigenvalue weighted by molar-refractivity contribution is 0.533. The summed E-state index contributed by atoms with van der Waals surface area (Å²) in [7, 11) is 0. The molecule has 0 radical (unpaired) electrons. The van der Waals surface area contributed by atoms with Gasteiger partial charge in [0.2, 0.25) is 5.69 Å². The highest BCUT2D eigenvalue weighted by Crippen LogP contribution is 2.33. The second-order valence-corrected chi connectivity index (χ2v) is 6.47. The van der Waals surface area contributed by atoms with Crippen LogP contribution in [0.5, 0.6) is 0 Å². The number of nitriles is 1. The third-order valence-electron chi connectivity index (χ3n) is 3.27. The molecule has 2 aromatic heterocycles. The quantitative estimate of drug-likeness (QED) is 0.523. The standard InChI is InChI=1S/C17H13ClN4OS/c1-10(21-22-17-14(9-19)20-11(2)23-17)15-7-8-16(24-15)12-5-3-4-6-13(12)18/h3-8,22H,1-2H3. The van der Waals surface area contributed by atoms with Crippen molar-refractivity contribution in [3.63, 3.8) is 0 Å². The van der Waals surface area contributed by atoms with Gasteiger partial charge in [-0.15, -0.1) is 11.3 Å². The molecule has 0 aliphatic rings. The number of anilines is 1. The number of nitrogens with one attached hydrogen (secondary N) is 1. The average molecular weight is 357 g/mol. The van der Waals surface area contributed by atoms with Crippen molar-refractivity contribution in [1.82, 2.24) is 4.98 Å². The summed E-state index contributed by atoms with van der Waals surface area (Å²) in [5.74, 6) is 0.663. The highest BCUT2D eigenvalue weighted by Gasteiger charge is 2.11. The number of benzene rings is 1. The van der Waals surface area contributed by atoms with Gasteiger partial charge in [-0.05, 0) is 25.1 Å². The van der Waals surface area contributed by atoms with Gasteiger partial charge < -0.3 is 4.42 Å². The van der Waals surface area contributed by atoms with Gasteiger partial charge >= 0.3 is 0 Å². The molecule has 0 amide bonds. The molecular weight excluding hydrogens is 344 g/mol. The van der Waals surface area contributed by atoms with Crippen molar-refractivity contribution in [3.8, 4) is 16.5 Å². The van der Waals surface area contributed by atoms with Gasteiger partial charge in [0.1, 0.15) is 6.07 Å². The van der Waals surface area contributed by atoms with Gasteiger partial charge in [0.25, 0.3) is 5.88 Å². The van der Waals surface area contributed by atoms with E-state index in [1.54, 1.807) is 18.3 Å². The number of halogens is 1. The van der Waals surface area contributed by atoms with Gasteiger partial charge in [0, 0.05) is 22.4 Å². The van der Waals surface area contributed by atoms with Crippen LogP contribution in [0.3, 0.4) is 0 Å². The monoisotopic (exact) mass is 356 g/mol. The van der Waals surface area contributed by atoms with Crippen LogP contribution in [0.4, 0.5) is 5.88 Å². The van der Waals surface area contributed by atoms with Crippen LogP contribution in [0.25, 0.3) is 10.4 Å². The first-order chi connectivity index (χ1) is 11.6. The molecule has 0 saturated carbocycles. The molecule has 5 nitrogen and oxygen atoms in total. The van der Waals surface area contributed by atoms with Crippen molar-refractivity contribution in [2.75, 3.05) is 5.43 Å². The fourth-order valence-corrected chi connectivity index (χ4v) is 3.39. The van der Waals surface area contributed by atoms with Crippen molar-refractivity contribution < 1.29 is 4.42 Å². The SMILES string of the molecule is CC(=NNc1oc(C)nc1C#N)c1ccc(-c2ccccc2Cl)s1. The van der Waals surface area contributed by atoms with Gasteiger partial charge in [-0.3, -0.25) is 0 Å². The minimum atomic E-state index is 0.187. The van der Waals surface area contributed by atoms with Crippen LogP contribution in [0.15, 0.2) is 45.9 Å². The Labute approximate surface area is 148 Å².